The van der Waals surface area contributed by atoms with Gasteiger partial charge < -0.3 is 10.1 Å². The van der Waals surface area contributed by atoms with Gasteiger partial charge in [0.1, 0.15) is 18.2 Å². The first-order chi connectivity index (χ1) is 13.9. The molecule has 148 valence electrons. The summed E-state index contributed by atoms with van der Waals surface area (Å²) in [5.74, 6) is -0.249. The van der Waals surface area contributed by atoms with E-state index in [4.69, 9.17) is 40.2 Å². The number of hydrogen-bond acceptors (Lipinski definition) is 3. The number of nitrogens with one attached hydrogen (secondary N) is 2. The first-order valence-electron chi connectivity index (χ1n) is 8.46. The van der Waals surface area contributed by atoms with Crippen LogP contribution in [0.15, 0.2) is 66.7 Å². The summed E-state index contributed by atoms with van der Waals surface area (Å²) in [5.41, 5.74) is 1.58. The highest BCUT2D eigenvalue weighted by Gasteiger charge is 2.14. The minimum atomic E-state index is -0.397. The molecule has 2 N–H and O–H groups in total. The zero-order chi connectivity index (χ0) is 20.8. The van der Waals surface area contributed by atoms with Crippen molar-refractivity contribution in [2.24, 2.45) is 0 Å². The number of thiocarbonyl (C=S) groups is 1. The Morgan fingerprint density at radius 1 is 1.03 bits per heavy atom. The molecule has 0 unspecified atom stereocenters. The van der Waals surface area contributed by atoms with Crippen LogP contribution in [0.1, 0.15) is 15.9 Å². The van der Waals surface area contributed by atoms with Crippen molar-refractivity contribution in [3.63, 3.8) is 0 Å². The maximum atomic E-state index is 13.0. The van der Waals surface area contributed by atoms with E-state index in [9.17, 15) is 9.18 Å². The van der Waals surface area contributed by atoms with E-state index < -0.39 is 5.91 Å². The molecule has 4 nitrogen and oxygen atoms in total. The Morgan fingerprint density at radius 2 is 1.76 bits per heavy atom. The highest BCUT2D eigenvalue weighted by molar-refractivity contribution is 7.80. The standard InChI is InChI=1S/C21H15Cl2FN2O2S/c22-14-5-10-19(18(23)11-14)25-21(29)26-20(27)17-4-2-1-3-13(17)12-28-16-8-6-15(24)7-9-16/h1-11H,12H2,(H2,25,26,27,29). The molecule has 0 aliphatic heterocycles. The molecule has 3 aromatic rings. The number of carbonyl (C=O) groups excluding carboxylic acids is 1. The highest BCUT2D eigenvalue weighted by Crippen LogP contribution is 2.25. The second kappa shape index (κ2) is 9.69. The Balaban J connectivity index is 1.65. The van der Waals surface area contributed by atoms with Crippen molar-refractivity contribution in [2.75, 3.05) is 5.32 Å². The van der Waals surface area contributed by atoms with Gasteiger partial charge in [0.15, 0.2) is 5.11 Å². The number of rotatable bonds is 5. The van der Waals surface area contributed by atoms with Crippen molar-refractivity contribution in [1.82, 2.24) is 5.32 Å². The van der Waals surface area contributed by atoms with E-state index in [2.05, 4.69) is 10.6 Å². The Labute approximate surface area is 182 Å². The number of amides is 1. The number of anilines is 1. The summed E-state index contributed by atoms with van der Waals surface area (Å²) < 4.78 is 18.6. The van der Waals surface area contributed by atoms with Crippen molar-refractivity contribution >= 4 is 52.1 Å². The third-order valence-electron chi connectivity index (χ3n) is 3.88. The van der Waals surface area contributed by atoms with Crippen LogP contribution < -0.4 is 15.4 Å². The molecule has 29 heavy (non-hydrogen) atoms. The molecule has 3 aromatic carbocycles. The Kier molecular flexibility index (Phi) is 7.04. The number of benzene rings is 3. The molecule has 0 saturated carbocycles. The van der Waals surface area contributed by atoms with Crippen LogP contribution >= 0.6 is 35.4 Å². The minimum Gasteiger partial charge on any atom is -0.489 e. The van der Waals surface area contributed by atoms with Gasteiger partial charge in [-0.3, -0.25) is 10.1 Å². The molecule has 3 rings (SSSR count). The Morgan fingerprint density at radius 3 is 2.48 bits per heavy atom. The molecule has 8 heteroatoms. The van der Waals surface area contributed by atoms with Gasteiger partial charge in [-0.05, 0) is 60.7 Å². The van der Waals surface area contributed by atoms with Crippen LogP contribution in [-0.4, -0.2) is 11.0 Å². The van der Waals surface area contributed by atoms with Gasteiger partial charge >= 0.3 is 0 Å². The number of carbonyl (C=O) groups is 1. The normalized spacial score (nSPS) is 10.3. The van der Waals surface area contributed by atoms with Gasteiger partial charge in [0.25, 0.3) is 5.91 Å². The molecule has 0 heterocycles. The maximum absolute atomic E-state index is 13.0. The van der Waals surface area contributed by atoms with Crippen LogP contribution in [0.5, 0.6) is 5.75 Å². The lowest BCUT2D eigenvalue weighted by atomic mass is 10.1. The molecule has 1 amide bonds. The van der Waals surface area contributed by atoms with Crippen molar-refractivity contribution in [1.29, 1.82) is 0 Å². The lowest BCUT2D eigenvalue weighted by Crippen LogP contribution is -2.34. The molecule has 0 spiro atoms. The molecule has 0 radical (unpaired) electrons. The van der Waals surface area contributed by atoms with Crippen LogP contribution in [0.25, 0.3) is 0 Å². The average molecular weight is 449 g/mol. The first-order valence-corrected chi connectivity index (χ1v) is 9.62. The van der Waals surface area contributed by atoms with Crippen LogP contribution in [-0.2, 0) is 6.61 Å². The second-order valence-electron chi connectivity index (χ2n) is 5.93. The number of hydrogen-bond donors (Lipinski definition) is 2. The van der Waals surface area contributed by atoms with E-state index in [1.165, 1.54) is 24.3 Å². The Bertz CT molecular complexity index is 1050. The molecule has 0 aliphatic rings. The van der Waals surface area contributed by atoms with Gasteiger partial charge in [-0.1, -0.05) is 41.4 Å². The van der Waals surface area contributed by atoms with Crippen molar-refractivity contribution in [3.8, 4) is 5.75 Å². The van der Waals surface area contributed by atoms with Gasteiger partial charge in [0.05, 0.1) is 10.7 Å². The fourth-order valence-corrected chi connectivity index (χ4v) is 3.13. The third kappa shape index (κ3) is 5.90. The fraction of sp³-hybridized carbons (Fsp3) is 0.0476. The van der Waals surface area contributed by atoms with Gasteiger partial charge in [0.2, 0.25) is 0 Å². The lowest BCUT2D eigenvalue weighted by molar-refractivity contribution is 0.0975. The topological polar surface area (TPSA) is 50.4 Å². The molecule has 0 bridgehead atoms. The second-order valence-corrected chi connectivity index (χ2v) is 7.18. The van der Waals surface area contributed by atoms with E-state index >= 15 is 0 Å². The molecule has 0 fully saturated rings. The largest absolute Gasteiger partial charge is 0.489 e. The summed E-state index contributed by atoms with van der Waals surface area (Å²) in [4.78, 5) is 12.7. The monoisotopic (exact) mass is 448 g/mol. The summed E-state index contributed by atoms with van der Waals surface area (Å²) in [6.45, 7) is 0.137. The molecule has 0 aromatic heterocycles. The van der Waals surface area contributed by atoms with E-state index in [0.29, 0.717) is 32.6 Å². The molecular weight excluding hydrogens is 434 g/mol. The number of halogens is 3. The summed E-state index contributed by atoms with van der Waals surface area (Å²) in [7, 11) is 0. The van der Waals surface area contributed by atoms with Crippen LogP contribution in [0.2, 0.25) is 10.0 Å². The van der Waals surface area contributed by atoms with E-state index in [1.807, 2.05) is 0 Å². The zero-order valence-electron chi connectivity index (χ0n) is 14.9. The van der Waals surface area contributed by atoms with Crippen LogP contribution in [0.4, 0.5) is 10.1 Å². The van der Waals surface area contributed by atoms with Gasteiger partial charge in [0, 0.05) is 16.1 Å². The number of ether oxygens (including phenoxy) is 1. The fourth-order valence-electron chi connectivity index (χ4n) is 2.47. The van der Waals surface area contributed by atoms with Crippen LogP contribution in [0.3, 0.4) is 0 Å². The highest BCUT2D eigenvalue weighted by atomic mass is 35.5. The van der Waals surface area contributed by atoms with Crippen molar-refractivity contribution in [3.05, 3.63) is 93.7 Å². The van der Waals surface area contributed by atoms with Gasteiger partial charge in [-0.2, -0.15) is 0 Å². The SMILES string of the molecule is O=C(NC(=S)Nc1ccc(Cl)cc1Cl)c1ccccc1COc1ccc(F)cc1. The smallest absolute Gasteiger partial charge is 0.257 e. The first kappa shape index (κ1) is 21.0. The van der Waals surface area contributed by atoms with E-state index in [1.54, 1.807) is 42.5 Å². The van der Waals surface area contributed by atoms with Crippen molar-refractivity contribution < 1.29 is 13.9 Å². The molecule has 0 saturated heterocycles. The van der Waals surface area contributed by atoms with Gasteiger partial charge in [-0.25, -0.2) is 4.39 Å². The predicted molar refractivity (Wildman–Crippen MR) is 117 cm³/mol. The lowest BCUT2D eigenvalue weighted by Gasteiger charge is -2.13. The average Bonchev–Trinajstić information content (AvgIpc) is 2.70. The summed E-state index contributed by atoms with van der Waals surface area (Å²) in [6.07, 6.45) is 0. The van der Waals surface area contributed by atoms with E-state index in [0.717, 1.165) is 0 Å². The summed E-state index contributed by atoms with van der Waals surface area (Å²) in [5, 5.41) is 6.44. The molecule has 0 atom stereocenters. The van der Waals surface area contributed by atoms with E-state index in [-0.39, 0.29) is 17.5 Å². The summed E-state index contributed by atoms with van der Waals surface area (Å²) >= 11 is 17.2. The van der Waals surface area contributed by atoms with Gasteiger partial charge in [-0.15, -0.1) is 0 Å². The molecule has 0 aliphatic carbocycles. The zero-order valence-corrected chi connectivity index (χ0v) is 17.2. The molecular formula is C21H15Cl2FN2O2S. The quantitative estimate of drug-likeness (QED) is 0.481. The Hall–Kier alpha value is -2.67. The maximum Gasteiger partial charge on any atom is 0.257 e. The minimum absolute atomic E-state index is 0.0912. The summed E-state index contributed by atoms with van der Waals surface area (Å²) in [6, 6.07) is 17.5. The van der Waals surface area contributed by atoms with Crippen LogP contribution in [0, 0.1) is 5.82 Å². The van der Waals surface area contributed by atoms with Crippen molar-refractivity contribution in [2.45, 2.75) is 6.61 Å². The predicted octanol–water partition coefficient (Wildman–Crippen LogP) is 5.84. The third-order valence-corrected chi connectivity index (χ3v) is 4.63.